The number of halogens is 3. The minimum Gasteiger partial charge on any atom is -0.386 e. The van der Waals surface area contributed by atoms with E-state index in [0.29, 0.717) is 16.8 Å². The van der Waals surface area contributed by atoms with Gasteiger partial charge in [-0.05, 0) is 17.2 Å². The van der Waals surface area contributed by atoms with E-state index in [0.717, 1.165) is 0 Å². The minimum atomic E-state index is -3.30. The SMILES string of the molecule is O=C(Cn1ccnc1)c1ccc(-c2ccc([C@H](O)[C@@H](CF)NC(=O)C(F)F)cc2)cn1. The van der Waals surface area contributed by atoms with E-state index in [1.165, 1.54) is 24.7 Å². The highest BCUT2D eigenvalue weighted by atomic mass is 19.3. The van der Waals surface area contributed by atoms with Crippen LogP contribution in [0.25, 0.3) is 11.1 Å². The fraction of sp³-hybridized carbons (Fsp3) is 0.238. The molecular formula is C21H19F3N4O3. The van der Waals surface area contributed by atoms with Gasteiger partial charge in [-0.2, -0.15) is 8.78 Å². The first-order valence-electron chi connectivity index (χ1n) is 9.27. The molecule has 1 aromatic carbocycles. The van der Waals surface area contributed by atoms with Crippen LogP contribution in [0, 0.1) is 0 Å². The number of carbonyl (C=O) groups excluding carboxylic acids is 2. The maximum atomic E-state index is 13.1. The van der Waals surface area contributed by atoms with E-state index < -0.39 is 31.2 Å². The lowest BCUT2D eigenvalue weighted by atomic mass is 9.99. The Labute approximate surface area is 175 Å². The van der Waals surface area contributed by atoms with Gasteiger partial charge in [-0.3, -0.25) is 14.6 Å². The van der Waals surface area contributed by atoms with E-state index >= 15 is 0 Å². The predicted octanol–water partition coefficient (Wildman–Crippen LogP) is 2.58. The Bertz CT molecular complexity index is 1010. The average Bonchev–Trinajstić information content (AvgIpc) is 3.30. The lowest BCUT2D eigenvalue weighted by Crippen LogP contribution is -2.43. The highest BCUT2D eigenvalue weighted by Gasteiger charge is 2.26. The number of ketones is 1. The fourth-order valence-electron chi connectivity index (χ4n) is 2.91. The molecule has 0 saturated heterocycles. The zero-order valence-corrected chi connectivity index (χ0v) is 16.2. The Morgan fingerprint density at radius 3 is 2.35 bits per heavy atom. The molecule has 0 fully saturated rings. The van der Waals surface area contributed by atoms with Crippen LogP contribution in [-0.4, -0.2) is 50.5 Å². The standard InChI is InChI=1S/C21H19F3N4O3/c22-9-17(27-21(31)20(23)24)19(30)14-3-1-13(2-4-14)15-5-6-16(26-10-15)18(29)11-28-8-7-25-12-28/h1-8,10,12,17,19-20,30H,9,11H2,(H,27,31)/t17-,19+/m1/s1. The van der Waals surface area contributed by atoms with Crippen LogP contribution >= 0.6 is 0 Å². The van der Waals surface area contributed by atoms with Gasteiger partial charge in [0.05, 0.1) is 18.9 Å². The Balaban J connectivity index is 1.67. The number of pyridine rings is 1. The van der Waals surface area contributed by atoms with Gasteiger partial charge >= 0.3 is 6.43 Å². The molecule has 0 aliphatic rings. The number of carbonyl (C=O) groups is 2. The van der Waals surface area contributed by atoms with Crippen molar-refractivity contribution in [1.82, 2.24) is 19.9 Å². The highest BCUT2D eigenvalue weighted by Crippen LogP contribution is 2.24. The molecule has 0 aliphatic heterocycles. The molecule has 10 heteroatoms. The number of Topliss-reactive ketones (excluding diaryl/α,β-unsaturated/α-hetero) is 1. The summed E-state index contributed by atoms with van der Waals surface area (Å²) in [6.07, 6.45) is 1.52. The van der Waals surface area contributed by atoms with Gasteiger partial charge in [-0.15, -0.1) is 0 Å². The zero-order chi connectivity index (χ0) is 22.4. The van der Waals surface area contributed by atoms with Gasteiger partial charge in [-0.1, -0.05) is 30.3 Å². The molecule has 2 heterocycles. The molecule has 2 N–H and O–H groups in total. The van der Waals surface area contributed by atoms with Gasteiger partial charge in [0, 0.05) is 24.2 Å². The van der Waals surface area contributed by atoms with Crippen LogP contribution in [0.15, 0.2) is 61.3 Å². The van der Waals surface area contributed by atoms with E-state index in [1.54, 1.807) is 46.5 Å². The summed E-state index contributed by atoms with van der Waals surface area (Å²) < 4.78 is 39.5. The van der Waals surface area contributed by atoms with Crippen molar-refractivity contribution in [3.05, 3.63) is 72.6 Å². The molecule has 7 nitrogen and oxygen atoms in total. The number of aromatic nitrogens is 3. The van der Waals surface area contributed by atoms with Crippen LogP contribution in [0.2, 0.25) is 0 Å². The van der Waals surface area contributed by atoms with Crippen LogP contribution in [0.1, 0.15) is 22.2 Å². The first-order chi connectivity index (χ1) is 14.9. The second-order valence-electron chi connectivity index (χ2n) is 6.73. The molecule has 3 rings (SSSR count). The molecule has 0 bridgehead atoms. The fourth-order valence-corrected chi connectivity index (χ4v) is 2.91. The second kappa shape index (κ2) is 9.98. The molecule has 0 spiro atoms. The zero-order valence-electron chi connectivity index (χ0n) is 16.2. The summed E-state index contributed by atoms with van der Waals surface area (Å²) >= 11 is 0. The molecule has 1 amide bonds. The van der Waals surface area contributed by atoms with Crippen molar-refractivity contribution in [2.45, 2.75) is 25.1 Å². The molecule has 2 aromatic heterocycles. The Hall–Kier alpha value is -3.53. The van der Waals surface area contributed by atoms with Gasteiger partial charge in [0.2, 0.25) is 5.78 Å². The molecule has 2 atom stereocenters. The molecule has 31 heavy (non-hydrogen) atoms. The number of benzene rings is 1. The normalized spacial score (nSPS) is 13.1. The lowest BCUT2D eigenvalue weighted by molar-refractivity contribution is -0.133. The number of amides is 1. The molecular weight excluding hydrogens is 413 g/mol. The number of nitrogens with one attached hydrogen (secondary N) is 1. The molecule has 0 unspecified atom stereocenters. The first kappa shape index (κ1) is 22.2. The summed E-state index contributed by atoms with van der Waals surface area (Å²) in [6, 6.07) is 8.07. The van der Waals surface area contributed by atoms with Gasteiger partial charge in [0.25, 0.3) is 5.91 Å². The summed E-state index contributed by atoms with van der Waals surface area (Å²) in [6.45, 7) is -1.09. The van der Waals surface area contributed by atoms with Crippen LogP contribution in [0.4, 0.5) is 13.2 Å². The third-order valence-electron chi connectivity index (χ3n) is 4.59. The van der Waals surface area contributed by atoms with Crippen LogP contribution in [0.3, 0.4) is 0 Å². The topological polar surface area (TPSA) is 97.1 Å². The Morgan fingerprint density at radius 1 is 1.10 bits per heavy atom. The van der Waals surface area contributed by atoms with Gasteiger partial charge in [-0.25, -0.2) is 9.37 Å². The van der Waals surface area contributed by atoms with E-state index in [2.05, 4.69) is 9.97 Å². The smallest absolute Gasteiger partial charge is 0.315 e. The number of aliphatic hydroxyl groups excluding tert-OH is 1. The second-order valence-corrected chi connectivity index (χ2v) is 6.73. The van der Waals surface area contributed by atoms with E-state index in [-0.39, 0.29) is 17.9 Å². The monoisotopic (exact) mass is 432 g/mol. The van der Waals surface area contributed by atoms with Crippen LogP contribution < -0.4 is 5.32 Å². The number of aliphatic hydroxyl groups is 1. The van der Waals surface area contributed by atoms with Crippen LogP contribution in [-0.2, 0) is 11.3 Å². The largest absolute Gasteiger partial charge is 0.386 e. The van der Waals surface area contributed by atoms with Crippen molar-refractivity contribution in [2.75, 3.05) is 6.67 Å². The summed E-state index contributed by atoms with van der Waals surface area (Å²) in [5, 5.41) is 12.0. The molecule has 162 valence electrons. The maximum absolute atomic E-state index is 13.1. The maximum Gasteiger partial charge on any atom is 0.315 e. The number of nitrogens with zero attached hydrogens (tertiary/aromatic N) is 3. The summed E-state index contributed by atoms with van der Waals surface area (Å²) in [4.78, 5) is 31.4. The summed E-state index contributed by atoms with van der Waals surface area (Å²) in [5.74, 6) is -1.82. The highest BCUT2D eigenvalue weighted by molar-refractivity contribution is 5.94. The molecule has 0 saturated carbocycles. The van der Waals surface area contributed by atoms with E-state index in [4.69, 9.17) is 0 Å². The minimum absolute atomic E-state index is 0.122. The number of hydrogen-bond donors (Lipinski definition) is 2. The number of alkyl halides is 3. The summed E-state index contributed by atoms with van der Waals surface area (Å²) in [5.41, 5.74) is 1.96. The van der Waals surface area contributed by atoms with Gasteiger partial charge in [0.1, 0.15) is 18.5 Å². The summed E-state index contributed by atoms with van der Waals surface area (Å²) in [7, 11) is 0. The molecule has 0 radical (unpaired) electrons. The van der Waals surface area contributed by atoms with Crippen molar-refractivity contribution < 1.29 is 27.9 Å². The van der Waals surface area contributed by atoms with E-state index in [1.807, 2.05) is 0 Å². The Kier molecular flexibility index (Phi) is 7.14. The van der Waals surface area contributed by atoms with Gasteiger partial charge in [0.15, 0.2) is 0 Å². The lowest BCUT2D eigenvalue weighted by Gasteiger charge is -2.22. The number of imidazole rings is 1. The van der Waals surface area contributed by atoms with Crippen molar-refractivity contribution in [3.8, 4) is 11.1 Å². The van der Waals surface area contributed by atoms with Crippen molar-refractivity contribution >= 4 is 11.7 Å². The number of hydrogen-bond acceptors (Lipinski definition) is 5. The van der Waals surface area contributed by atoms with Crippen molar-refractivity contribution in [3.63, 3.8) is 0 Å². The van der Waals surface area contributed by atoms with E-state index in [9.17, 15) is 27.9 Å². The third kappa shape index (κ3) is 5.54. The first-order valence-corrected chi connectivity index (χ1v) is 9.27. The number of rotatable bonds is 9. The molecule has 0 aliphatic carbocycles. The average molecular weight is 432 g/mol. The predicted molar refractivity (Wildman–Crippen MR) is 105 cm³/mol. The van der Waals surface area contributed by atoms with Crippen molar-refractivity contribution in [2.24, 2.45) is 0 Å². The van der Waals surface area contributed by atoms with Crippen LogP contribution in [0.5, 0.6) is 0 Å². The van der Waals surface area contributed by atoms with Crippen molar-refractivity contribution in [1.29, 1.82) is 0 Å². The molecule has 3 aromatic rings. The van der Waals surface area contributed by atoms with Gasteiger partial charge < -0.3 is 15.0 Å². The Morgan fingerprint density at radius 2 is 1.81 bits per heavy atom. The third-order valence-corrected chi connectivity index (χ3v) is 4.59. The quantitative estimate of drug-likeness (QED) is 0.507.